The lowest BCUT2D eigenvalue weighted by Crippen LogP contribution is -2.21. The van der Waals surface area contributed by atoms with E-state index in [1.165, 1.54) is 48.2 Å². The van der Waals surface area contributed by atoms with Crippen molar-refractivity contribution in [2.75, 3.05) is 18.2 Å². The number of nitro groups is 1. The van der Waals surface area contributed by atoms with Crippen LogP contribution in [0.15, 0.2) is 47.4 Å². The molecule has 0 unspecified atom stereocenters. The number of benzene rings is 2. The van der Waals surface area contributed by atoms with Crippen LogP contribution in [0.2, 0.25) is 0 Å². The number of carbonyl (C=O) groups excluding carboxylic acids is 2. The molecule has 9 heteroatoms. The summed E-state index contributed by atoms with van der Waals surface area (Å²) in [6.45, 7) is -0.575. The molecule has 0 spiro atoms. The van der Waals surface area contributed by atoms with Gasteiger partial charge >= 0.3 is 5.97 Å². The van der Waals surface area contributed by atoms with Crippen molar-refractivity contribution in [3.63, 3.8) is 0 Å². The van der Waals surface area contributed by atoms with E-state index in [0.29, 0.717) is 10.6 Å². The van der Waals surface area contributed by atoms with Crippen molar-refractivity contribution in [1.29, 1.82) is 0 Å². The fourth-order valence-corrected chi connectivity index (χ4v) is 2.45. The number of esters is 1. The van der Waals surface area contributed by atoms with Gasteiger partial charge in [-0.05, 0) is 42.7 Å². The number of thioether (sulfide) groups is 1. The number of ether oxygens (including phenoxy) is 1. The molecule has 2 aromatic carbocycles. The molecule has 7 nitrogen and oxygen atoms in total. The average Bonchev–Trinajstić information content (AvgIpc) is 2.61. The molecule has 0 saturated carbocycles. The van der Waals surface area contributed by atoms with E-state index in [9.17, 15) is 24.1 Å². The van der Waals surface area contributed by atoms with Crippen molar-refractivity contribution < 1.29 is 23.6 Å². The lowest BCUT2D eigenvalue weighted by atomic mass is 10.2. The van der Waals surface area contributed by atoms with E-state index < -0.39 is 29.2 Å². The van der Waals surface area contributed by atoms with Gasteiger partial charge in [0.15, 0.2) is 6.61 Å². The Labute approximate surface area is 146 Å². The number of nitro benzene ring substituents is 1. The van der Waals surface area contributed by atoms with Gasteiger partial charge in [-0.3, -0.25) is 14.9 Å². The zero-order chi connectivity index (χ0) is 18.4. The predicted molar refractivity (Wildman–Crippen MR) is 90.2 cm³/mol. The highest BCUT2D eigenvalue weighted by molar-refractivity contribution is 7.98. The Balaban J connectivity index is 1.97. The maximum atomic E-state index is 12.8. The van der Waals surface area contributed by atoms with Crippen LogP contribution in [-0.2, 0) is 9.53 Å². The molecule has 0 aliphatic carbocycles. The average molecular weight is 364 g/mol. The van der Waals surface area contributed by atoms with Gasteiger partial charge < -0.3 is 10.1 Å². The lowest BCUT2D eigenvalue weighted by Gasteiger charge is -2.07. The minimum atomic E-state index is -0.856. The van der Waals surface area contributed by atoms with E-state index in [1.807, 2.05) is 0 Å². The summed E-state index contributed by atoms with van der Waals surface area (Å²) in [6, 6.07) is 9.00. The van der Waals surface area contributed by atoms with Crippen LogP contribution in [0.4, 0.5) is 15.8 Å². The topological polar surface area (TPSA) is 98.5 Å². The number of nitrogens with one attached hydrogen (secondary N) is 1. The standard InChI is InChI=1S/C16H13FN2O5S/c1-25-14-7-2-10(8-13(14)19(22)23)16(21)24-9-15(20)18-12-5-3-11(17)4-6-12/h2-8H,9H2,1H3,(H,18,20). The Morgan fingerprint density at radius 1 is 1.24 bits per heavy atom. The molecule has 130 valence electrons. The van der Waals surface area contributed by atoms with Gasteiger partial charge in [0, 0.05) is 11.8 Å². The second kappa shape index (κ2) is 8.25. The minimum absolute atomic E-state index is 0.0286. The van der Waals surface area contributed by atoms with Crippen LogP contribution in [0, 0.1) is 15.9 Å². The highest BCUT2D eigenvalue weighted by atomic mass is 32.2. The quantitative estimate of drug-likeness (QED) is 0.366. The van der Waals surface area contributed by atoms with E-state index >= 15 is 0 Å². The molecular weight excluding hydrogens is 351 g/mol. The number of hydrogen-bond donors (Lipinski definition) is 1. The number of amides is 1. The number of carbonyl (C=O) groups is 2. The van der Waals surface area contributed by atoms with E-state index in [-0.39, 0.29) is 11.3 Å². The van der Waals surface area contributed by atoms with Crippen molar-refractivity contribution in [3.8, 4) is 0 Å². The third kappa shape index (κ3) is 5.01. The van der Waals surface area contributed by atoms with Gasteiger partial charge in [-0.2, -0.15) is 0 Å². The molecule has 25 heavy (non-hydrogen) atoms. The van der Waals surface area contributed by atoms with Crippen molar-refractivity contribution in [2.45, 2.75) is 4.90 Å². The van der Waals surface area contributed by atoms with E-state index in [2.05, 4.69) is 5.32 Å². The fourth-order valence-electron chi connectivity index (χ4n) is 1.90. The van der Waals surface area contributed by atoms with Crippen LogP contribution in [-0.4, -0.2) is 29.7 Å². The van der Waals surface area contributed by atoms with Gasteiger partial charge in [-0.15, -0.1) is 11.8 Å². The molecule has 0 aliphatic rings. The van der Waals surface area contributed by atoms with Crippen LogP contribution in [0.1, 0.15) is 10.4 Å². The molecule has 1 N–H and O–H groups in total. The van der Waals surface area contributed by atoms with Gasteiger partial charge in [0.2, 0.25) is 0 Å². The number of hydrogen-bond acceptors (Lipinski definition) is 6. The molecule has 0 bridgehead atoms. The third-order valence-corrected chi connectivity index (χ3v) is 3.86. The Hall–Kier alpha value is -2.94. The summed E-state index contributed by atoms with van der Waals surface area (Å²) >= 11 is 1.18. The highest BCUT2D eigenvalue weighted by Crippen LogP contribution is 2.28. The molecule has 0 radical (unpaired) electrons. The first-order valence-corrected chi connectivity index (χ1v) is 8.18. The van der Waals surface area contributed by atoms with Gasteiger partial charge in [0.05, 0.1) is 15.4 Å². The maximum Gasteiger partial charge on any atom is 0.338 e. The van der Waals surface area contributed by atoms with Crippen molar-refractivity contribution in [1.82, 2.24) is 0 Å². The number of nitrogens with zero attached hydrogens (tertiary/aromatic N) is 1. The largest absolute Gasteiger partial charge is 0.452 e. The zero-order valence-corrected chi connectivity index (χ0v) is 13.8. The van der Waals surface area contributed by atoms with E-state index in [4.69, 9.17) is 4.74 Å². The van der Waals surface area contributed by atoms with Crippen molar-refractivity contribution in [3.05, 3.63) is 64.0 Å². The molecule has 0 heterocycles. The summed E-state index contributed by atoms with van der Waals surface area (Å²) in [5.41, 5.74) is 0.110. The van der Waals surface area contributed by atoms with Crippen LogP contribution in [0.25, 0.3) is 0 Å². The first-order valence-electron chi connectivity index (χ1n) is 6.95. The highest BCUT2D eigenvalue weighted by Gasteiger charge is 2.18. The molecule has 0 aromatic heterocycles. The van der Waals surface area contributed by atoms with Gasteiger partial charge in [0.25, 0.3) is 11.6 Å². The monoisotopic (exact) mass is 364 g/mol. The second-order valence-corrected chi connectivity index (χ2v) is 5.62. The summed E-state index contributed by atoms with van der Waals surface area (Å²) in [5, 5.41) is 13.4. The summed E-state index contributed by atoms with van der Waals surface area (Å²) in [5.74, 6) is -1.92. The molecular formula is C16H13FN2O5S. The van der Waals surface area contributed by atoms with E-state index in [0.717, 1.165) is 6.07 Å². The maximum absolute atomic E-state index is 12.8. The summed E-state index contributed by atoms with van der Waals surface area (Å²) in [4.78, 5) is 34.5. The summed E-state index contributed by atoms with van der Waals surface area (Å²) in [6.07, 6.45) is 1.68. The molecule has 2 rings (SSSR count). The molecule has 2 aromatic rings. The van der Waals surface area contributed by atoms with E-state index in [1.54, 1.807) is 6.26 Å². The number of rotatable bonds is 6. The first kappa shape index (κ1) is 18.4. The molecule has 0 saturated heterocycles. The Kier molecular flexibility index (Phi) is 6.07. The van der Waals surface area contributed by atoms with Crippen molar-refractivity contribution >= 4 is 35.0 Å². The lowest BCUT2D eigenvalue weighted by molar-refractivity contribution is -0.387. The Morgan fingerprint density at radius 2 is 1.92 bits per heavy atom. The Bertz CT molecular complexity index is 811. The predicted octanol–water partition coefficient (Wildman–Crippen LogP) is 3.25. The third-order valence-electron chi connectivity index (χ3n) is 3.07. The SMILES string of the molecule is CSc1ccc(C(=O)OCC(=O)Nc2ccc(F)cc2)cc1[N+](=O)[O-]. The molecule has 0 fully saturated rings. The second-order valence-electron chi connectivity index (χ2n) is 4.77. The van der Waals surface area contributed by atoms with Crippen LogP contribution in [0.5, 0.6) is 0 Å². The van der Waals surface area contributed by atoms with Crippen LogP contribution in [0.3, 0.4) is 0 Å². The first-order chi connectivity index (χ1) is 11.9. The number of anilines is 1. The zero-order valence-electron chi connectivity index (χ0n) is 13.0. The van der Waals surface area contributed by atoms with Gasteiger partial charge in [0.1, 0.15) is 5.82 Å². The fraction of sp³-hybridized carbons (Fsp3) is 0.125. The van der Waals surface area contributed by atoms with Gasteiger partial charge in [-0.1, -0.05) is 0 Å². The normalized spacial score (nSPS) is 10.2. The minimum Gasteiger partial charge on any atom is -0.452 e. The van der Waals surface area contributed by atoms with Gasteiger partial charge in [-0.25, -0.2) is 9.18 Å². The Morgan fingerprint density at radius 3 is 2.52 bits per heavy atom. The summed E-state index contributed by atoms with van der Waals surface area (Å²) < 4.78 is 17.6. The molecule has 0 aliphatic heterocycles. The molecule has 1 amide bonds. The number of halogens is 1. The molecule has 0 atom stereocenters. The van der Waals surface area contributed by atoms with Crippen LogP contribution >= 0.6 is 11.8 Å². The summed E-state index contributed by atoms with van der Waals surface area (Å²) in [7, 11) is 0. The van der Waals surface area contributed by atoms with Crippen molar-refractivity contribution in [2.24, 2.45) is 0 Å². The van der Waals surface area contributed by atoms with Crippen LogP contribution < -0.4 is 5.32 Å². The smallest absolute Gasteiger partial charge is 0.338 e.